The van der Waals surface area contributed by atoms with Crippen molar-refractivity contribution in [2.45, 2.75) is 18.0 Å². The lowest BCUT2D eigenvalue weighted by Crippen LogP contribution is -2.29. The second-order valence-corrected chi connectivity index (χ2v) is 8.14. The summed E-state index contributed by atoms with van der Waals surface area (Å²) in [6, 6.07) is 10.3. The van der Waals surface area contributed by atoms with Crippen molar-refractivity contribution in [3.8, 4) is 0 Å². The van der Waals surface area contributed by atoms with E-state index in [0.717, 1.165) is 24.3 Å². The van der Waals surface area contributed by atoms with Crippen molar-refractivity contribution in [2.24, 2.45) is 0 Å². The van der Waals surface area contributed by atoms with Crippen LogP contribution >= 0.6 is 0 Å². The van der Waals surface area contributed by atoms with Gasteiger partial charge in [-0.2, -0.15) is 13.2 Å². The Morgan fingerprint density at radius 1 is 0.935 bits per heavy atom. The van der Waals surface area contributed by atoms with E-state index >= 15 is 0 Å². The molecule has 2 heterocycles. The maximum Gasteiger partial charge on any atom is 0.416 e. The number of nitrogens with one attached hydrogen (secondary N) is 3. The highest BCUT2D eigenvalue weighted by Gasteiger charge is 2.30. The Morgan fingerprint density at radius 3 is 2.29 bits per heavy atom. The van der Waals surface area contributed by atoms with E-state index in [9.17, 15) is 21.6 Å². The molecule has 3 aromatic rings. The monoisotopic (exact) mass is 452 g/mol. The Morgan fingerprint density at radius 2 is 1.65 bits per heavy atom. The zero-order valence-corrected chi connectivity index (χ0v) is 17.1. The number of aromatic nitrogens is 3. The molecule has 0 aliphatic carbocycles. The van der Waals surface area contributed by atoms with Crippen molar-refractivity contribution in [1.82, 2.24) is 19.7 Å². The number of hydrogen-bond acceptors (Lipinski definition) is 7. The highest BCUT2D eigenvalue weighted by Crippen LogP contribution is 2.29. The lowest BCUT2D eigenvalue weighted by atomic mass is 10.2. The quantitative estimate of drug-likeness (QED) is 0.450. The zero-order chi connectivity index (χ0) is 22.5. The predicted molar refractivity (Wildman–Crippen MR) is 109 cm³/mol. The van der Waals surface area contributed by atoms with Gasteiger partial charge in [-0.15, -0.1) is 0 Å². The number of halogens is 3. The molecule has 0 bridgehead atoms. The van der Waals surface area contributed by atoms with Gasteiger partial charge in [-0.05, 0) is 43.3 Å². The second kappa shape index (κ2) is 9.27. The number of hydrogen-bond donors (Lipinski definition) is 3. The van der Waals surface area contributed by atoms with Gasteiger partial charge in [-0.25, -0.2) is 28.1 Å². The second-order valence-electron chi connectivity index (χ2n) is 6.37. The smallest absolute Gasteiger partial charge is 0.369 e. The Balaban J connectivity index is 1.56. The van der Waals surface area contributed by atoms with Crippen LogP contribution in [-0.4, -0.2) is 36.5 Å². The topological polar surface area (TPSA) is 109 Å². The summed E-state index contributed by atoms with van der Waals surface area (Å²) >= 11 is 0. The molecule has 0 saturated heterocycles. The average molecular weight is 452 g/mol. The molecule has 0 atom stereocenters. The average Bonchev–Trinajstić information content (AvgIpc) is 2.71. The summed E-state index contributed by atoms with van der Waals surface area (Å²) in [5.74, 6) is 2.09. The summed E-state index contributed by atoms with van der Waals surface area (Å²) in [7, 11) is -3.94. The SMILES string of the molecule is Cc1nc(NCCNS(=O)(=O)c2ccc(C(F)(F)F)cc2)cc(Nc2ccccn2)n1. The summed E-state index contributed by atoms with van der Waals surface area (Å²) in [6.07, 6.45) is -2.89. The van der Waals surface area contributed by atoms with Crippen molar-refractivity contribution >= 4 is 27.5 Å². The summed E-state index contributed by atoms with van der Waals surface area (Å²) in [4.78, 5) is 12.4. The molecule has 0 spiro atoms. The minimum Gasteiger partial charge on any atom is -0.369 e. The first-order valence-electron chi connectivity index (χ1n) is 9.08. The third-order valence-electron chi connectivity index (χ3n) is 3.97. The fraction of sp³-hybridized carbons (Fsp3) is 0.211. The number of aryl methyl sites for hydroxylation is 1. The van der Waals surface area contributed by atoms with Crippen LogP contribution in [0.1, 0.15) is 11.4 Å². The molecular formula is C19H19F3N6O2S. The Kier molecular flexibility index (Phi) is 6.71. The fourth-order valence-corrected chi connectivity index (χ4v) is 3.60. The van der Waals surface area contributed by atoms with Crippen LogP contribution in [0.3, 0.4) is 0 Å². The first-order valence-corrected chi connectivity index (χ1v) is 10.6. The molecule has 0 aliphatic rings. The van der Waals surface area contributed by atoms with Gasteiger partial charge in [0.2, 0.25) is 10.0 Å². The minimum atomic E-state index is -4.53. The maximum atomic E-state index is 12.6. The molecular weight excluding hydrogens is 433 g/mol. The molecule has 0 aliphatic heterocycles. The first-order chi connectivity index (χ1) is 14.6. The molecule has 1 aromatic carbocycles. The molecule has 0 saturated carbocycles. The van der Waals surface area contributed by atoms with Gasteiger partial charge in [0.15, 0.2) is 0 Å². The predicted octanol–water partition coefficient (Wildman–Crippen LogP) is 3.33. The van der Waals surface area contributed by atoms with Crippen molar-refractivity contribution in [3.63, 3.8) is 0 Å². The Bertz CT molecular complexity index is 1120. The minimum absolute atomic E-state index is 0.00455. The van der Waals surface area contributed by atoms with Crippen molar-refractivity contribution in [3.05, 3.63) is 66.1 Å². The highest BCUT2D eigenvalue weighted by molar-refractivity contribution is 7.89. The molecule has 12 heteroatoms. The molecule has 0 fully saturated rings. The molecule has 2 aromatic heterocycles. The normalized spacial score (nSPS) is 11.9. The lowest BCUT2D eigenvalue weighted by Gasteiger charge is -2.11. The van der Waals surface area contributed by atoms with E-state index in [1.807, 2.05) is 6.07 Å². The summed E-state index contributed by atoms with van der Waals surface area (Å²) < 4.78 is 64.7. The number of nitrogens with zero attached hydrogens (tertiary/aromatic N) is 3. The molecule has 3 rings (SSSR count). The van der Waals surface area contributed by atoms with E-state index < -0.39 is 21.8 Å². The van der Waals surface area contributed by atoms with Gasteiger partial charge < -0.3 is 10.6 Å². The largest absolute Gasteiger partial charge is 0.416 e. The molecule has 8 nitrogen and oxygen atoms in total. The van der Waals surface area contributed by atoms with Gasteiger partial charge in [0.05, 0.1) is 10.5 Å². The van der Waals surface area contributed by atoms with Gasteiger partial charge in [0.1, 0.15) is 23.3 Å². The van der Waals surface area contributed by atoms with Crippen LogP contribution in [-0.2, 0) is 16.2 Å². The number of anilines is 3. The van der Waals surface area contributed by atoms with Gasteiger partial charge in [0, 0.05) is 25.4 Å². The molecule has 31 heavy (non-hydrogen) atoms. The van der Waals surface area contributed by atoms with Crippen molar-refractivity contribution in [1.29, 1.82) is 0 Å². The lowest BCUT2D eigenvalue weighted by molar-refractivity contribution is -0.137. The van der Waals surface area contributed by atoms with Gasteiger partial charge in [0.25, 0.3) is 0 Å². The van der Waals surface area contributed by atoms with Crippen LogP contribution in [0.5, 0.6) is 0 Å². The van der Waals surface area contributed by atoms with E-state index in [4.69, 9.17) is 0 Å². The Labute approximate surface area is 177 Å². The third-order valence-corrected chi connectivity index (χ3v) is 5.45. The van der Waals surface area contributed by atoms with Crippen molar-refractivity contribution in [2.75, 3.05) is 23.7 Å². The molecule has 3 N–H and O–H groups in total. The summed E-state index contributed by atoms with van der Waals surface area (Å²) in [6.45, 7) is 1.90. The maximum absolute atomic E-state index is 12.6. The summed E-state index contributed by atoms with van der Waals surface area (Å²) in [5.41, 5.74) is -0.914. The molecule has 0 unspecified atom stereocenters. The van der Waals surface area contributed by atoms with E-state index in [1.165, 1.54) is 0 Å². The van der Waals surface area contributed by atoms with Gasteiger partial charge in [-0.3, -0.25) is 0 Å². The first kappa shape index (κ1) is 22.4. The van der Waals surface area contributed by atoms with E-state index in [0.29, 0.717) is 23.3 Å². The molecule has 0 amide bonds. The Hall–Kier alpha value is -3.25. The van der Waals surface area contributed by atoms with Crippen LogP contribution in [0.2, 0.25) is 0 Å². The van der Waals surface area contributed by atoms with E-state index in [-0.39, 0.29) is 18.0 Å². The number of pyridine rings is 1. The number of rotatable bonds is 8. The van der Waals surface area contributed by atoms with Crippen LogP contribution in [0.4, 0.5) is 30.6 Å². The van der Waals surface area contributed by atoms with Crippen LogP contribution < -0.4 is 15.4 Å². The zero-order valence-electron chi connectivity index (χ0n) is 16.3. The van der Waals surface area contributed by atoms with Crippen LogP contribution in [0, 0.1) is 6.92 Å². The van der Waals surface area contributed by atoms with E-state index in [1.54, 1.807) is 31.3 Å². The van der Waals surface area contributed by atoms with Gasteiger partial charge in [-0.1, -0.05) is 6.07 Å². The van der Waals surface area contributed by atoms with Crippen LogP contribution in [0.15, 0.2) is 59.6 Å². The van der Waals surface area contributed by atoms with E-state index in [2.05, 4.69) is 30.3 Å². The molecule has 164 valence electrons. The highest BCUT2D eigenvalue weighted by atomic mass is 32.2. The fourth-order valence-electron chi connectivity index (χ4n) is 2.57. The van der Waals surface area contributed by atoms with Crippen molar-refractivity contribution < 1.29 is 21.6 Å². The number of sulfonamides is 1. The number of benzene rings is 1. The van der Waals surface area contributed by atoms with Crippen LogP contribution in [0.25, 0.3) is 0 Å². The summed E-state index contributed by atoms with van der Waals surface area (Å²) in [5, 5.41) is 6.02. The third kappa shape index (κ3) is 6.36. The molecule has 0 radical (unpaired) electrons. The van der Waals surface area contributed by atoms with Gasteiger partial charge >= 0.3 is 6.18 Å². The standard InChI is InChI=1S/C19H19F3N6O2S/c1-13-26-17(12-18(27-13)28-16-4-2-3-9-23-16)24-10-11-25-31(29,30)15-7-5-14(6-8-15)19(20,21)22/h2-9,12,25H,10-11H2,1H3,(H2,23,24,26,27,28). The number of alkyl halides is 3.